The summed E-state index contributed by atoms with van der Waals surface area (Å²) in [6, 6.07) is 13.2. The van der Waals surface area contributed by atoms with Crippen molar-refractivity contribution in [3.8, 4) is 5.75 Å². The largest absolute Gasteiger partial charge is 0.469 e. The third-order valence-corrected chi connectivity index (χ3v) is 3.17. The smallest absolute Gasteiger partial charge is 0.309 e. The van der Waals surface area contributed by atoms with Crippen LogP contribution >= 0.6 is 0 Å². The van der Waals surface area contributed by atoms with Crippen LogP contribution in [0.2, 0.25) is 0 Å². The maximum atomic E-state index is 12.2. The molecule has 0 saturated carbocycles. The zero-order valence-electron chi connectivity index (χ0n) is 13.4. The number of carbonyl (C=O) groups excluding carboxylic acids is 3. The summed E-state index contributed by atoms with van der Waals surface area (Å²) in [6.07, 6.45) is 0.183. The van der Waals surface area contributed by atoms with Gasteiger partial charge >= 0.3 is 11.9 Å². The minimum atomic E-state index is -0.417. The van der Waals surface area contributed by atoms with Crippen LogP contribution in [0.5, 0.6) is 5.75 Å². The molecule has 6 heteroatoms. The summed E-state index contributed by atoms with van der Waals surface area (Å²) < 4.78 is 9.51. The zero-order chi connectivity index (χ0) is 17.5. The van der Waals surface area contributed by atoms with E-state index in [1.165, 1.54) is 14.0 Å². The van der Waals surface area contributed by atoms with E-state index in [2.05, 4.69) is 10.1 Å². The summed E-state index contributed by atoms with van der Waals surface area (Å²) in [5.74, 6) is -0.643. The van der Waals surface area contributed by atoms with E-state index in [4.69, 9.17) is 4.74 Å². The number of rotatable bonds is 5. The van der Waals surface area contributed by atoms with Gasteiger partial charge < -0.3 is 14.8 Å². The molecule has 6 nitrogen and oxygen atoms in total. The normalized spacial score (nSPS) is 9.92. The second-order valence-corrected chi connectivity index (χ2v) is 5.02. The molecular formula is C18H17NO5. The first kappa shape index (κ1) is 17.2. The van der Waals surface area contributed by atoms with Gasteiger partial charge in [-0.15, -0.1) is 0 Å². The molecule has 1 amide bonds. The minimum absolute atomic E-state index is 0.183. The van der Waals surface area contributed by atoms with E-state index in [1.807, 2.05) is 0 Å². The lowest BCUT2D eigenvalue weighted by Crippen LogP contribution is -2.12. The van der Waals surface area contributed by atoms with Crippen molar-refractivity contribution >= 4 is 23.5 Å². The molecule has 0 spiro atoms. The predicted molar refractivity (Wildman–Crippen MR) is 87.9 cm³/mol. The Hall–Kier alpha value is -3.15. The molecule has 0 saturated heterocycles. The number of carbonyl (C=O) groups is 3. The SMILES string of the molecule is COC(=O)Cc1ccc(NC(=O)c2ccc(OC(C)=O)cc2)cc1. The summed E-state index contributed by atoms with van der Waals surface area (Å²) in [5, 5.41) is 2.75. The van der Waals surface area contributed by atoms with Gasteiger partial charge in [-0.1, -0.05) is 12.1 Å². The summed E-state index contributed by atoms with van der Waals surface area (Å²) in [5.41, 5.74) is 1.84. The second-order valence-electron chi connectivity index (χ2n) is 5.02. The molecule has 0 atom stereocenters. The predicted octanol–water partition coefficient (Wildman–Crippen LogP) is 2.58. The Labute approximate surface area is 139 Å². The van der Waals surface area contributed by atoms with Crippen LogP contribution < -0.4 is 10.1 Å². The standard InChI is InChI=1S/C18H17NO5/c1-12(20)24-16-9-5-14(6-10-16)18(22)19-15-7-3-13(4-8-15)11-17(21)23-2/h3-10H,11H2,1-2H3,(H,19,22). The number of methoxy groups -OCH3 is 1. The lowest BCUT2D eigenvalue weighted by Gasteiger charge is -2.07. The molecule has 124 valence electrons. The highest BCUT2D eigenvalue weighted by atomic mass is 16.5. The van der Waals surface area contributed by atoms with Crippen LogP contribution in [0.4, 0.5) is 5.69 Å². The highest BCUT2D eigenvalue weighted by molar-refractivity contribution is 6.04. The summed E-state index contributed by atoms with van der Waals surface area (Å²) >= 11 is 0. The van der Waals surface area contributed by atoms with Gasteiger partial charge in [0, 0.05) is 18.2 Å². The lowest BCUT2D eigenvalue weighted by atomic mass is 10.1. The molecule has 2 rings (SSSR count). The van der Waals surface area contributed by atoms with E-state index in [0.717, 1.165) is 5.56 Å². The fourth-order valence-corrected chi connectivity index (χ4v) is 1.99. The zero-order valence-corrected chi connectivity index (χ0v) is 13.4. The first-order valence-electron chi connectivity index (χ1n) is 7.23. The molecule has 0 radical (unpaired) electrons. The molecule has 1 N–H and O–H groups in total. The van der Waals surface area contributed by atoms with Crippen LogP contribution in [0.15, 0.2) is 48.5 Å². The van der Waals surface area contributed by atoms with Gasteiger partial charge in [0.15, 0.2) is 0 Å². The molecule has 0 bridgehead atoms. The number of ether oxygens (including phenoxy) is 2. The van der Waals surface area contributed by atoms with E-state index in [1.54, 1.807) is 48.5 Å². The first-order chi connectivity index (χ1) is 11.5. The molecule has 24 heavy (non-hydrogen) atoms. The Morgan fingerprint density at radius 1 is 0.958 bits per heavy atom. The summed E-state index contributed by atoms with van der Waals surface area (Å²) in [6.45, 7) is 1.31. The topological polar surface area (TPSA) is 81.7 Å². The monoisotopic (exact) mass is 327 g/mol. The van der Waals surface area contributed by atoms with E-state index >= 15 is 0 Å². The highest BCUT2D eigenvalue weighted by Crippen LogP contribution is 2.15. The average molecular weight is 327 g/mol. The maximum absolute atomic E-state index is 12.2. The molecule has 0 unspecified atom stereocenters. The first-order valence-corrected chi connectivity index (χ1v) is 7.23. The fraction of sp³-hybridized carbons (Fsp3) is 0.167. The Morgan fingerprint density at radius 2 is 1.58 bits per heavy atom. The maximum Gasteiger partial charge on any atom is 0.309 e. The number of amides is 1. The van der Waals surface area contributed by atoms with E-state index in [0.29, 0.717) is 17.0 Å². The van der Waals surface area contributed by atoms with Crippen LogP contribution in [0.3, 0.4) is 0 Å². The molecule has 2 aromatic rings. The molecule has 0 fully saturated rings. The number of esters is 2. The van der Waals surface area contributed by atoms with Crippen molar-refractivity contribution in [3.05, 3.63) is 59.7 Å². The molecule has 0 aliphatic carbocycles. The van der Waals surface area contributed by atoms with Gasteiger partial charge in [-0.05, 0) is 42.0 Å². The number of nitrogens with one attached hydrogen (secondary N) is 1. The Balaban J connectivity index is 1.98. The van der Waals surface area contributed by atoms with Crippen LogP contribution in [0.25, 0.3) is 0 Å². The summed E-state index contributed by atoms with van der Waals surface area (Å²) in [7, 11) is 1.34. The number of anilines is 1. The van der Waals surface area contributed by atoms with Crippen molar-refractivity contribution < 1.29 is 23.9 Å². The second kappa shape index (κ2) is 7.92. The Kier molecular flexibility index (Phi) is 5.68. The fourth-order valence-electron chi connectivity index (χ4n) is 1.99. The summed E-state index contributed by atoms with van der Waals surface area (Å²) in [4.78, 5) is 34.2. The minimum Gasteiger partial charge on any atom is -0.469 e. The van der Waals surface area contributed by atoms with Crippen molar-refractivity contribution in [1.82, 2.24) is 0 Å². The van der Waals surface area contributed by atoms with Crippen LogP contribution in [0.1, 0.15) is 22.8 Å². The van der Waals surface area contributed by atoms with E-state index in [-0.39, 0.29) is 18.3 Å². The molecule has 0 aliphatic rings. The van der Waals surface area contributed by atoms with Gasteiger partial charge in [0.25, 0.3) is 5.91 Å². The average Bonchev–Trinajstić information content (AvgIpc) is 2.56. The third kappa shape index (κ3) is 4.95. The van der Waals surface area contributed by atoms with Crippen molar-refractivity contribution in [1.29, 1.82) is 0 Å². The van der Waals surface area contributed by atoms with Crippen molar-refractivity contribution in [2.45, 2.75) is 13.3 Å². The number of hydrogen-bond acceptors (Lipinski definition) is 5. The number of benzene rings is 2. The van der Waals surface area contributed by atoms with Crippen LogP contribution in [0, 0.1) is 0 Å². The van der Waals surface area contributed by atoms with Gasteiger partial charge in [0.1, 0.15) is 5.75 Å². The lowest BCUT2D eigenvalue weighted by molar-refractivity contribution is -0.139. The Morgan fingerprint density at radius 3 is 2.12 bits per heavy atom. The van der Waals surface area contributed by atoms with Gasteiger partial charge in [-0.2, -0.15) is 0 Å². The van der Waals surface area contributed by atoms with E-state index in [9.17, 15) is 14.4 Å². The van der Waals surface area contributed by atoms with Crippen LogP contribution in [-0.4, -0.2) is 25.0 Å². The van der Waals surface area contributed by atoms with Gasteiger partial charge in [-0.25, -0.2) is 0 Å². The van der Waals surface area contributed by atoms with Gasteiger partial charge in [0.05, 0.1) is 13.5 Å². The van der Waals surface area contributed by atoms with Crippen molar-refractivity contribution in [2.75, 3.05) is 12.4 Å². The molecular weight excluding hydrogens is 310 g/mol. The van der Waals surface area contributed by atoms with Crippen molar-refractivity contribution in [2.24, 2.45) is 0 Å². The van der Waals surface area contributed by atoms with Crippen molar-refractivity contribution in [3.63, 3.8) is 0 Å². The molecule has 0 aromatic heterocycles. The third-order valence-electron chi connectivity index (χ3n) is 3.17. The molecule has 0 aliphatic heterocycles. The molecule has 0 heterocycles. The highest BCUT2D eigenvalue weighted by Gasteiger charge is 2.08. The van der Waals surface area contributed by atoms with Gasteiger partial charge in [-0.3, -0.25) is 14.4 Å². The Bertz CT molecular complexity index is 735. The number of hydrogen-bond donors (Lipinski definition) is 1. The van der Waals surface area contributed by atoms with Crippen LogP contribution in [-0.2, 0) is 20.7 Å². The molecule has 2 aromatic carbocycles. The quantitative estimate of drug-likeness (QED) is 0.674. The van der Waals surface area contributed by atoms with Gasteiger partial charge in [0.2, 0.25) is 0 Å². The van der Waals surface area contributed by atoms with E-state index < -0.39 is 5.97 Å².